The molecule has 0 saturated heterocycles. The van der Waals surface area contributed by atoms with Gasteiger partial charge in [-0.3, -0.25) is 14.9 Å². The van der Waals surface area contributed by atoms with Crippen LogP contribution in [0.1, 0.15) is 12.5 Å². The zero-order valence-corrected chi connectivity index (χ0v) is 13.9. The summed E-state index contributed by atoms with van der Waals surface area (Å²) < 4.78 is 0. The Morgan fingerprint density at radius 3 is 2.08 bits per heavy atom. The molecule has 122 valence electrons. The largest absolute Gasteiger partial charge is 0.332 e. The highest BCUT2D eigenvalue weighted by molar-refractivity contribution is 7.80. The van der Waals surface area contributed by atoms with E-state index in [9.17, 15) is 9.59 Å². The molecule has 0 aromatic heterocycles. The topological polar surface area (TPSA) is 70.2 Å². The van der Waals surface area contributed by atoms with Crippen LogP contribution in [-0.4, -0.2) is 16.9 Å². The van der Waals surface area contributed by atoms with Crippen molar-refractivity contribution in [1.82, 2.24) is 5.32 Å². The van der Waals surface area contributed by atoms with Crippen molar-refractivity contribution in [3.63, 3.8) is 0 Å². The lowest BCUT2D eigenvalue weighted by atomic mass is 10.2. The molecular formula is C18H17N3O2S. The minimum Gasteiger partial charge on any atom is -0.332 e. The van der Waals surface area contributed by atoms with Gasteiger partial charge in [0, 0.05) is 24.4 Å². The van der Waals surface area contributed by atoms with E-state index in [1.165, 1.54) is 13.0 Å². The molecule has 0 aliphatic carbocycles. The molecule has 0 bridgehead atoms. The molecule has 0 saturated carbocycles. The highest BCUT2D eigenvalue weighted by Crippen LogP contribution is 2.13. The van der Waals surface area contributed by atoms with Crippen molar-refractivity contribution in [3.8, 4) is 0 Å². The molecule has 2 aromatic rings. The van der Waals surface area contributed by atoms with E-state index in [0.29, 0.717) is 11.4 Å². The van der Waals surface area contributed by atoms with Crippen LogP contribution in [0.15, 0.2) is 60.7 Å². The Hall–Kier alpha value is -2.99. The number of benzene rings is 2. The summed E-state index contributed by atoms with van der Waals surface area (Å²) in [6, 6.07) is 16.5. The summed E-state index contributed by atoms with van der Waals surface area (Å²) in [6.07, 6.45) is 3.13. The van der Waals surface area contributed by atoms with Crippen LogP contribution in [0, 0.1) is 0 Å². The standard InChI is InChI=1S/C18H17N3O2S/c1-13(22)19-15-8-10-16(11-9-15)20-18(24)21-17(23)12-7-14-5-3-2-4-6-14/h2-12H,1H3,(H,19,22)(H2,20,21,23,24). The number of hydrogen-bond acceptors (Lipinski definition) is 3. The summed E-state index contributed by atoms with van der Waals surface area (Å²) in [6.45, 7) is 1.44. The average Bonchev–Trinajstić information content (AvgIpc) is 2.55. The van der Waals surface area contributed by atoms with Crippen molar-refractivity contribution in [2.45, 2.75) is 6.92 Å². The fraction of sp³-hybridized carbons (Fsp3) is 0.0556. The van der Waals surface area contributed by atoms with Crippen molar-refractivity contribution >= 4 is 46.6 Å². The maximum atomic E-state index is 11.8. The molecule has 0 aliphatic heterocycles. The van der Waals surface area contributed by atoms with Crippen LogP contribution in [-0.2, 0) is 9.59 Å². The molecule has 0 unspecified atom stereocenters. The molecule has 0 aliphatic rings. The van der Waals surface area contributed by atoms with E-state index in [2.05, 4.69) is 16.0 Å². The Balaban J connectivity index is 1.85. The van der Waals surface area contributed by atoms with Gasteiger partial charge in [0.15, 0.2) is 5.11 Å². The highest BCUT2D eigenvalue weighted by Gasteiger charge is 2.02. The van der Waals surface area contributed by atoms with Gasteiger partial charge in [0.2, 0.25) is 11.8 Å². The fourth-order valence-corrected chi connectivity index (χ4v) is 2.11. The second-order valence-electron chi connectivity index (χ2n) is 4.95. The minimum atomic E-state index is -0.314. The first-order valence-electron chi connectivity index (χ1n) is 7.26. The monoisotopic (exact) mass is 339 g/mol. The molecule has 0 atom stereocenters. The van der Waals surface area contributed by atoms with E-state index >= 15 is 0 Å². The lowest BCUT2D eigenvalue weighted by Crippen LogP contribution is -2.32. The molecule has 0 radical (unpaired) electrons. The van der Waals surface area contributed by atoms with Crippen molar-refractivity contribution in [3.05, 3.63) is 66.2 Å². The smallest absolute Gasteiger partial charge is 0.250 e. The van der Waals surface area contributed by atoms with Gasteiger partial charge < -0.3 is 10.6 Å². The van der Waals surface area contributed by atoms with Crippen LogP contribution in [0.4, 0.5) is 11.4 Å². The van der Waals surface area contributed by atoms with E-state index in [-0.39, 0.29) is 16.9 Å². The zero-order valence-electron chi connectivity index (χ0n) is 13.1. The van der Waals surface area contributed by atoms with Crippen molar-refractivity contribution in [2.75, 3.05) is 10.6 Å². The normalized spacial score (nSPS) is 10.2. The van der Waals surface area contributed by atoms with Gasteiger partial charge in [-0.1, -0.05) is 30.3 Å². The molecular weight excluding hydrogens is 322 g/mol. The van der Waals surface area contributed by atoms with Gasteiger partial charge in [-0.2, -0.15) is 0 Å². The molecule has 0 spiro atoms. The number of thiocarbonyl (C=S) groups is 1. The fourth-order valence-electron chi connectivity index (χ4n) is 1.89. The Morgan fingerprint density at radius 1 is 0.917 bits per heavy atom. The van der Waals surface area contributed by atoms with Gasteiger partial charge in [-0.05, 0) is 48.1 Å². The minimum absolute atomic E-state index is 0.135. The zero-order chi connectivity index (χ0) is 17.4. The molecule has 24 heavy (non-hydrogen) atoms. The molecule has 3 N–H and O–H groups in total. The number of nitrogens with one attached hydrogen (secondary N) is 3. The summed E-state index contributed by atoms with van der Waals surface area (Å²) in [5.74, 6) is -0.449. The lowest BCUT2D eigenvalue weighted by Gasteiger charge is -2.09. The van der Waals surface area contributed by atoms with Crippen molar-refractivity contribution in [2.24, 2.45) is 0 Å². The number of rotatable bonds is 4. The van der Waals surface area contributed by atoms with Crippen LogP contribution in [0.2, 0.25) is 0 Å². The first kappa shape index (κ1) is 17.4. The Bertz CT molecular complexity index is 756. The third kappa shape index (κ3) is 6.02. The predicted molar refractivity (Wildman–Crippen MR) is 101 cm³/mol. The van der Waals surface area contributed by atoms with Crippen LogP contribution < -0.4 is 16.0 Å². The molecule has 0 fully saturated rings. The first-order chi connectivity index (χ1) is 11.5. The van der Waals surface area contributed by atoms with E-state index in [1.54, 1.807) is 30.3 Å². The molecule has 0 heterocycles. The van der Waals surface area contributed by atoms with Gasteiger partial charge in [-0.15, -0.1) is 0 Å². The predicted octanol–water partition coefficient (Wildman–Crippen LogP) is 3.17. The molecule has 5 nitrogen and oxygen atoms in total. The molecule has 2 aromatic carbocycles. The second-order valence-corrected chi connectivity index (χ2v) is 5.35. The van der Waals surface area contributed by atoms with E-state index in [1.807, 2.05) is 30.3 Å². The maximum Gasteiger partial charge on any atom is 0.250 e. The highest BCUT2D eigenvalue weighted by atomic mass is 32.1. The lowest BCUT2D eigenvalue weighted by molar-refractivity contribution is -0.115. The molecule has 2 amide bonds. The van der Waals surface area contributed by atoms with Gasteiger partial charge in [-0.25, -0.2) is 0 Å². The van der Waals surface area contributed by atoms with Crippen LogP contribution >= 0.6 is 12.2 Å². The SMILES string of the molecule is CC(=O)Nc1ccc(NC(=S)NC(=O)C=Cc2ccccc2)cc1. The Kier molecular flexibility index (Phi) is 6.22. The number of carbonyl (C=O) groups is 2. The summed E-state index contributed by atoms with van der Waals surface area (Å²) in [5.41, 5.74) is 2.33. The number of hydrogen-bond donors (Lipinski definition) is 3. The van der Waals surface area contributed by atoms with Gasteiger partial charge in [0.05, 0.1) is 0 Å². The third-order valence-electron chi connectivity index (χ3n) is 2.93. The average molecular weight is 339 g/mol. The van der Waals surface area contributed by atoms with Crippen molar-refractivity contribution < 1.29 is 9.59 Å². The summed E-state index contributed by atoms with van der Waals surface area (Å²) in [5, 5.41) is 8.35. The van der Waals surface area contributed by atoms with Crippen LogP contribution in [0.3, 0.4) is 0 Å². The van der Waals surface area contributed by atoms with Gasteiger partial charge in [0.1, 0.15) is 0 Å². The quantitative estimate of drug-likeness (QED) is 0.591. The van der Waals surface area contributed by atoms with E-state index < -0.39 is 0 Å². The van der Waals surface area contributed by atoms with Crippen molar-refractivity contribution in [1.29, 1.82) is 0 Å². The Labute approximate surface area is 145 Å². The van der Waals surface area contributed by atoms with Crippen LogP contribution in [0.5, 0.6) is 0 Å². The van der Waals surface area contributed by atoms with Gasteiger partial charge in [0.25, 0.3) is 0 Å². The van der Waals surface area contributed by atoms with E-state index in [4.69, 9.17) is 12.2 Å². The Morgan fingerprint density at radius 2 is 1.50 bits per heavy atom. The van der Waals surface area contributed by atoms with Gasteiger partial charge >= 0.3 is 0 Å². The second kappa shape index (κ2) is 8.59. The molecule has 2 rings (SSSR count). The van der Waals surface area contributed by atoms with E-state index in [0.717, 1.165) is 5.56 Å². The number of anilines is 2. The first-order valence-corrected chi connectivity index (χ1v) is 7.66. The number of carbonyl (C=O) groups excluding carboxylic acids is 2. The summed E-state index contributed by atoms with van der Waals surface area (Å²) in [4.78, 5) is 22.8. The molecule has 6 heteroatoms. The third-order valence-corrected chi connectivity index (χ3v) is 3.13. The summed E-state index contributed by atoms with van der Waals surface area (Å²) in [7, 11) is 0. The number of amides is 2. The van der Waals surface area contributed by atoms with Crippen LogP contribution in [0.25, 0.3) is 6.08 Å². The maximum absolute atomic E-state index is 11.8. The summed E-state index contributed by atoms with van der Waals surface area (Å²) >= 11 is 5.10.